The molecule has 1 atom stereocenters. The number of imidazole rings is 1. The van der Waals surface area contributed by atoms with E-state index in [1.807, 2.05) is 17.0 Å². The summed E-state index contributed by atoms with van der Waals surface area (Å²) in [6.45, 7) is 2.18. The van der Waals surface area contributed by atoms with E-state index in [-0.39, 0.29) is 12.1 Å². The lowest BCUT2D eigenvalue weighted by molar-refractivity contribution is 0.200. The summed E-state index contributed by atoms with van der Waals surface area (Å²) >= 11 is 0. The van der Waals surface area contributed by atoms with E-state index in [0.29, 0.717) is 35.8 Å². The number of likely N-dealkylation sites (tertiary alicyclic amines) is 1. The molecule has 0 unspecified atom stereocenters. The Kier molecular flexibility index (Phi) is 5.17. The molecule has 3 aromatic rings. The summed E-state index contributed by atoms with van der Waals surface area (Å²) in [5.74, 6) is 0.241. The molecule has 31 heavy (non-hydrogen) atoms. The van der Waals surface area contributed by atoms with Crippen molar-refractivity contribution in [3.63, 3.8) is 0 Å². The molecule has 2 saturated heterocycles. The molecule has 1 N–H and O–H groups in total. The highest BCUT2D eigenvalue weighted by Gasteiger charge is 2.30. The Morgan fingerprint density at radius 3 is 2.71 bits per heavy atom. The van der Waals surface area contributed by atoms with Gasteiger partial charge in [0.15, 0.2) is 11.5 Å². The van der Waals surface area contributed by atoms with Crippen LogP contribution in [-0.4, -0.2) is 45.2 Å². The van der Waals surface area contributed by atoms with Crippen LogP contribution in [0.3, 0.4) is 0 Å². The minimum Gasteiger partial charge on any atom is -0.348 e. The second-order valence-corrected chi connectivity index (χ2v) is 8.10. The number of aromatic nitrogens is 3. The predicted molar refractivity (Wildman–Crippen MR) is 113 cm³/mol. The normalized spacial score (nSPS) is 19.2. The highest BCUT2D eigenvalue weighted by Crippen LogP contribution is 2.36. The number of benzene rings is 1. The SMILES string of the molecule is O=C(Nc1cnc2ccc(N3CCC[C@@H]3c3cc(F)ccc3F)nn12)N1CCCCC1. The van der Waals surface area contributed by atoms with Gasteiger partial charge in [-0.05, 0) is 62.4 Å². The van der Waals surface area contributed by atoms with Gasteiger partial charge in [0.25, 0.3) is 0 Å². The van der Waals surface area contributed by atoms with Gasteiger partial charge in [-0.15, -0.1) is 5.10 Å². The summed E-state index contributed by atoms with van der Waals surface area (Å²) in [6, 6.07) is 6.75. The number of fused-ring (bicyclic) bond motifs is 1. The summed E-state index contributed by atoms with van der Waals surface area (Å²) in [4.78, 5) is 20.7. The average molecular weight is 426 g/mol. The van der Waals surface area contributed by atoms with Gasteiger partial charge < -0.3 is 9.80 Å². The molecule has 5 rings (SSSR count). The van der Waals surface area contributed by atoms with Crippen molar-refractivity contribution in [2.45, 2.75) is 38.1 Å². The van der Waals surface area contributed by atoms with Gasteiger partial charge in [0.1, 0.15) is 17.5 Å². The first-order valence-electron chi connectivity index (χ1n) is 10.7. The van der Waals surface area contributed by atoms with Gasteiger partial charge in [-0.2, -0.15) is 4.52 Å². The molecule has 2 fully saturated rings. The van der Waals surface area contributed by atoms with E-state index in [9.17, 15) is 13.6 Å². The van der Waals surface area contributed by atoms with Crippen LogP contribution in [0, 0.1) is 11.6 Å². The van der Waals surface area contributed by atoms with Crippen LogP contribution in [0.2, 0.25) is 0 Å². The Balaban J connectivity index is 1.43. The first-order valence-corrected chi connectivity index (χ1v) is 10.7. The average Bonchev–Trinajstić information content (AvgIpc) is 3.43. The summed E-state index contributed by atoms with van der Waals surface area (Å²) in [6.07, 6.45) is 6.31. The molecule has 0 saturated carbocycles. The van der Waals surface area contributed by atoms with Crippen LogP contribution in [0.25, 0.3) is 5.65 Å². The fourth-order valence-electron chi connectivity index (χ4n) is 4.52. The topological polar surface area (TPSA) is 65.8 Å². The quantitative estimate of drug-likeness (QED) is 0.676. The van der Waals surface area contributed by atoms with E-state index >= 15 is 0 Å². The molecule has 4 heterocycles. The monoisotopic (exact) mass is 426 g/mol. The maximum Gasteiger partial charge on any atom is 0.323 e. The standard InChI is InChI=1S/C22H24F2N6O/c23-15-6-7-17(24)16(13-15)18-5-4-12-29(18)20-9-8-19-25-14-21(30(19)27-20)26-22(31)28-10-2-1-3-11-28/h6-9,13-14,18H,1-5,10-12H2,(H,26,31)/t18-/m1/s1. The number of carbonyl (C=O) groups excluding carboxylic acids is 1. The molecule has 1 aromatic carbocycles. The van der Waals surface area contributed by atoms with Crippen LogP contribution < -0.4 is 10.2 Å². The van der Waals surface area contributed by atoms with Gasteiger partial charge in [0, 0.05) is 25.2 Å². The zero-order chi connectivity index (χ0) is 21.4. The zero-order valence-electron chi connectivity index (χ0n) is 17.1. The van der Waals surface area contributed by atoms with Crippen molar-refractivity contribution in [1.29, 1.82) is 0 Å². The molecule has 2 aliphatic rings. The van der Waals surface area contributed by atoms with Crippen molar-refractivity contribution in [3.05, 3.63) is 53.7 Å². The van der Waals surface area contributed by atoms with Crippen molar-refractivity contribution in [1.82, 2.24) is 19.5 Å². The molecule has 0 aliphatic carbocycles. The van der Waals surface area contributed by atoms with Gasteiger partial charge >= 0.3 is 6.03 Å². The fourth-order valence-corrected chi connectivity index (χ4v) is 4.52. The Hall–Kier alpha value is -3.23. The van der Waals surface area contributed by atoms with E-state index in [1.165, 1.54) is 12.1 Å². The molecule has 0 bridgehead atoms. The molecule has 2 aromatic heterocycles. The number of piperidine rings is 1. The lowest BCUT2D eigenvalue weighted by Gasteiger charge is -2.27. The highest BCUT2D eigenvalue weighted by molar-refractivity contribution is 5.88. The lowest BCUT2D eigenvalue weighted by atomic mass is 10.0. The Morgan fingerprint density at radius 2 is 1.87 bits per heavy atom. The number of hydrogen-bond acceptors (Lipinski definition) is 4. The van der Waals surface area contributed by atoms with Gasteiger partial charge in [-0.3, -0.25) is 5.32 Å². The molecule has 2 amide bonds. The Bertz CT molecular complexity index is 1110. The minimum atomic E-state index is -0.455. The maximum atomic E-state index is 14.4. The number of anilines is 2. The van der Waals surface area contributed by atoms with Gasteiger partial charge in [0.05, 0.1) is 12.2 Å². The number of nitrogens with one attached hydrogen (secondary N) is 1. The minimum absolute atomic E-state index is 0.158. The third-order valence-corrected chi connectivity index (χ3v) is 6.09. The summed E-state index contributed by atoms with van der Waals surface area (Å²) in [7, 11) is 0. The van der Waals surface area contributed by atoms with Gasteiger partial charge in [0.2, 0.25) is 0 Å². The molecule has 162 valence electrons. The van der Waals surface area contributed by atoms with Crippen LogP contribution in [0.1, 0.15) is 43.7 Å². The van der Waals surface area contributed by atoms with E-state index in [1.54, 1.807) is 15.6 Å². The van der Waals surface area contributed by atoms with Crippen molar-refractivity contribution in [2.24, 2.45) is 0 Å². The number of nitrogens with zero attached hydrogens (tertiary/aromatic N) is 5. The summed E-state index contributed by atoms with van der Waals surface area (Å²) in [5, 5.41) is 7.58. The van der Waals surface area contributed by atoms with E-state index < -0.39 is 11.6 Å². The van der Waals surface area contributed by atoms with Gasteiger partial charge in [-0.1, -0.05) is 0 Å². The van der Waals surface area contributed by atoms with Crippen molar-refractivity contribution < 1.29 is 13.6 Å². The molecule has 2 aliphatic heterocycles. The third kappa shape index (κ3) is 3.80. The largest absolute Gasteiger partial charge is 0.348 e. The van der Waals surface area contributed by atoms with Crippen LogP contribution in [0.15, 0.2) is 36.5 Å². The van der Waals surface area contributed by atoms with Crippen LogP contribution in [0.5, 0.6) is 0 Å². The Morgan fingerprint density at radius 1 is 1.03 bits per heavy atom. The zero-order valence-corrected chi connectivity index (χ0v) is 17.1. The van der Waals surface area contributed by atoms with Crippen LogP contribution in [-0.2, 0) is 0 Å². The summed E-state index contributed by atoms with van der Waals surface area (Å²) < 4.78 is 29.8. The van der Waals surface area contributed by atoms with Crippen molar-refractivity contribution in [2.75, 3.05) is 29.9 Å². The number of carbonyl (C=O) groups is 1. The third-order valence-electron chi connectivity index (χ3n) is 6.09. The van der Waals surface area contributed by atoms with Gasteiger partial charge in [-0.25, -0.2) is 18.6 Å². The van der Waals surface area contributed by atoms with Crippen LogP contribution in [0.4, 0.5) is 25.2 Å². The predicted octanol–water partition coefficient (Wildman–Crippen LogP) is 4.37. The number of urea groups is 1. The molecular formula is C22H24F2N6O. The lowest BCUT2D eigenvalue weighted by Crippen LogP contribution is -2.39. The second kappa shape index (κ2) is 8.13. The number of halogens is 2. The second-order valence-electron chi connectivity index (χ2n) is 8.10. The molecule has 0 spiro atoms. The molecule has 0 radical (unpaired) electrons. The highest BCUT2D eigenvalue weighted by atomic mass is 19.1. The number of rotatable bonds is 3. The van der Waals surface area contributed by atoms with Crippen molar-refractivity contribution in [3.8, 4) is 0 Å². The fraction of sp³-hybridized carbons (Fsp3) is 0.409. The van der Waals surface area contributed by atoms with E-state index in [2.05, 4.69) is 15.4 Å². The van der Waals surface area contributed by atoms with Crippen molar-refractivity contribution >= 4 is 23.3 Å². The Labute approximate surface area is 178 Å². The molecular weight excluding hydrogens is 402 g/mol. The van der Waals surface area contributed by atoms with E-state index in [0.717, 1.165) is 44.8 Å². The first kappa shape index (κ1) is 19.7. The maximum absolute atomic E-state index is 14.4. The number of hydrogen-bond donors (Lipinski definition) is 1. The first-order chi connectivity index (χ1) is 15.1. The van der Waals surface area contributed by atoms with Crippen LogP contribution >= 0.6 is 0 Å². The number of amides is 2. The van der Waals surface area contributed by atoms with E-state index in [4.69, 9.17) is 0 Å². The molecule has 7 nitrogen and oxygen atoms in total. The smallest absolute Gasteiger partial charge is 0.323 e. The molecule has 9 heteroatoms. The summed E-state index contributed by atoms with van der Waals surface area (Å²) in [5.41, 5.74) is 0.939.